The summed E-state index contributed by atoms with van der Waals surface area (Å²) < 4.78 is 10.9. The van der Waals surface area contributed by atoms with Crippen LogP contribution >= 0.6 is 11.3 Å². The molecule has 12 rings (SSSR count). The van der Waals surface area contributed by atoms with Crippen LogP contribution in [0.4, 0.5) is 0 Å². The molecule has 8 heteroatoms. The van der Waals surface area contributed by atoms with Gasteiger partial charge in [-0.2, -0.15) is 9.97 Å². The molecule has 266 valence electrons. The smallest absolute Gasteiger partial charge is 0.238 e. The van der Waals surface area contributed by atoms with E-state index in [0.717, 1.165) is 87.3 Å². The van der Waals surface area contributed by atoms with E-state index in [1.54, 1.807) is 11.3 Å². The van der Waals surface area contributed by atoms with Gasteiger partial charge in [-0.05, 0) is 48.5 Å². The highest BCUT2D eigenvalue weighted by Crippen LogP contribution is 2.41. The predicted octanol–water partition coefficient (Wildman–Crippen LogP) is 12.7. The van der Waals surface area contributed by atoms with Crippen molar-refractivity contribution in [3.05, 3.63) is 170 Å². The van der Waals surface area contributed by atoms with E-state index in [-0.39, 0.29) is 0 Å². The number of hydrogen-bond donors (Lipinski definition) is 0. The molecule has 0 spiro atoms. The molecule has 5 heterocycles. The number of aromatic nitrogens is 6. The lowest BCUT2D eigenvalue weighted by molar-refractivity contribution is 0.669. The Balaban J connectivity index is 1.02. The maximum Gasteiger partial charge on any atom is 0.238 e. The summed E-state index contributed by atoms with van der Waals surface area (Å²) in [6.07, 6.45) is 0. The first-order valence-corrected chi connectivity index (χ1v) is 19.6. The van der Waals surface area contributed by atoms with E-state index in [2.05, 4.69) is 126 Å². The number of benzene rings is 7. The van der Waals surface area contributed by atoms with E-state index in [1.165, 1.54) is 4.70 Å². The Bertz CT molecular complexity index is 3480. The van der Waals surface area contributed by atoms with Crippen molar-refractivity contribution in [1.29, 1.82) is 0 Å². The molecule has 0 aliphatic heterocycles. The molecule has 0 aliphatic carbocycles. The van der Waals surface area contributed by atoms with Gasteiger partial charge in [0.25, 0.3) is 0 Å². The van der Waals surface area contributed by atoms with Crippen LogP contribution in [0.15, 0.2) is 174 Å². The normalized spacial score (nSPS) is 11.9. The van der Waals surface area contributed by atoms with Crippen molar-refractivity contribution in [2.24, 2.45) is 0 Å². The minimum Gasteiger partial charge on any atom is -0.456 e. The Kier molecular flexibility index (Phi) is 6.96. The Morgan fingerprint density at radius 3 is 1.75 bits per heavy atom. The van der Waals surface area contributed by atoms with Crippen molar-refractivity contribution in [3.63, 3.8) is 0 Å². The fraction of sp³-hybridized carbons (Fsp3) is 0. The van der Waals surface area contributed by atoms with Gasteiger partial charge in [-0.1, -0.05) is 121 Å². The summed E-state index contributed by atoms with van der Waals surface area (Å²) in [6, 6.07) is 58.0. The number of fused-ring (bicyclic) bond motifs is 9. The summed E-state index contributed by atoms with van der Waals surface area (Å²) in [5.74, 6) is 2.39. The zero-order chi connectivity index (χ0) is 37.5. The molecule has 0 bridgehead atoms. The largest absolute Gasteiger partial charge is 0.456 e. The quantitative estimate of drug-likeness (QED) is 0.174. The first-order valence-electron chi connectivity index (χ1n) is 18.8. The molecule has 7 nitrogen and oxygen atoms in total. The average Bonchev–Trinajstić information content (AvgIpc) is 3.95. The number of nitrogens with zero attached hydrogens (tertiary/aromatic N) is 6. The average molecular weight is 749 g/mol. The van der Waals surface area contributed by atoms with Gasteiger partial charge >= 0.3 is 0 Å². The highest BCUT2D eigenvalue weighted by atomic mass is 32.1. The first kappa shape index (κ1) is 31.8. The van der Waals surface area contributed by atoms with Crippen LogP contribution in [0.2, 0.25) is 0 Å². The van der Waals surface area contributed by atoms with Crippen LogP contribution in [-0.2, 0) is 0 Å². The van der Waals surface area contributed by atoms with Crippen LogP contribution in [0.25, 0.3) is 115 Å². The third kappa shape index (κ3) is 5.08. The molecule has 0 saturated heterocycles. The van der Waals surface area contributed by atoms with Crippen molar-refractivity contribution in [1.82, 2.24) is 29.5 Å². The van der Waals surface area contributed by atoms with Gasteiger partial charge in [-0.3, -0.25) is 4.57 Å². The van der Waals surface area contributed by atoms with Gasteiger partial charge in [-0.15, -0.1) is 11.3 Å². The Labute approximate surface area is 329 Å². The molecule has 0 radical (unpaired) electrons. The summed E-state index contributed by atoms with van der Waals surface area (Å²) in [4.78, 5) is 25.7. The number of para-hydroxylation sites is 2. The highest BCUT2D eigenvalue weighted by molar-refractivity contribution is 7.26. The van der Waals surface area contributed by atoms with Crippen LogP contribution in [0, 0.1) is 0 Å². The third-order valence-corrected chi connectivity index (χ3v) is 11.9. The molecule has 0 N–H and O–H groups in total. The molecule has 0 unspecified atom stereocenters. The minimum absolute atomic E-state index is 0.559. The lowest BCUT2D eigenvalue weighted by Gasteiger charge is -2.11. The van der Waals surface area contributed by atoms with Crippen molar-refractivity contribution in [2.45, 2.75) is 0 Å². The van der Waals surface area contributed by atoms with Crippen molar-refractivity contribution in [3.8, 4) is 51.4 Å². The Morgan fingerprint density at radius 1 is 0.404 bits per heavy atom. The van der Waals surface area contributed by atoms with Gasteiger partial charge in [0, 0.05) is 53.9 Å². The summed E-state index contributed by atoms with van der Waals surface area (Å²) >= 11 is 1.73. The molecule has 12 aromatic rings. The second kappa shape index (κ2) is 12.5. The fourth-order valence-corrected chi connectivity index (χ4v) is 9.17. The lowest BCUT2D eigenvalue weighted by Crippen LogP contribution is -2.06. The molecular formula is C49H28N6OS. The van der Waals surface area contributed by atoms with Crippen LogP contribution in [-0.4, -0.2) is 29.5 Å². The topological polar surface area (TPSA) is 82.5 Å². The standard InChI is InChI=1S/C49H28N6OS/c1-3-13-29(14-4-1)43-45-44(36-19-9-12-22-42(36)57-45)51-47(50-43)32-23-25-35-37-27-31(24-26-40(37)56-41(35)28-32)48-52-46(30-15-5-2-6-16-30)53-49(54-48)55-38-20-10-7-17-33(38)34-18-8-11-21-39(34)55/h1-28H. The second-order valence-corrected chi connectivity index (χ2v) is 15.1. The number of thiophene rings is 1. The van der Waals surface area contributed by atoms with Gasteiger partial charge in [0.05, 0.1) is 26.9 Å². The summed E-state index contributed by atoms with van der Waals surface area (Å²) in [5, 5.41) is 5.38. The minimum atomic E-state index is 0.559. The zero-order valence-corrected chi connectivity index (χ0v) is 31.0. The summed E-state index contributed by atoms with van der Waals surface area (Å²) in [7, 11) is 0. The van der Waals surface area contributed by atoms with Crippen molar-refractivity contribution < 1.29 is 4.42 Å². The van der Waals surface area contributed by atoms with Crippen LogP contribution in [0.3, 0.4) is 0 Å². The Hall–Kier alpha value is -7.55. The van der Waals surface area contributed by atoms with E-state index < -0.39 is 0 Å². The van der Waals surface area contributed by atoms with E-state index in [0.29, 0.717) is 23.4 Å². The molecule has 0 saturated carbocycles. The molecule has 0 atom stereocenters. The van der Waals surface area contributed by atoms with Gasteiger partial charge in [0.2, 0.25) is 5.95 Å². The summed E-state index contributed by atoms with van der Waals surface area (Å²) in [6.45, 7) is 0. The maximum atomic E-state index is 6.52. The van der Waals surface area contributed by atoms with E-state index in [9.17, 15) is 0 Å². The number of rotatable bonds is 5. The van der Waals surface area contributed by atoms with Crippen LogP contribution in [0.1, 0.15) is 0 Å². The van der Waals surface area contributed by atoms with Crippen LogP contribution in [0.5, 0.6) is 0 Å². The molecule has 0 aliphatic rings. The maximum absolute atomic E-state index is 6.52. The SMILES string of the molecule is c1ccc(-c2nc(-c3ccc4oc5cc(-c6nc(-c7ccccc7)c7sc8ccccc8c7n6)ccc5c4c3)nc(-n3c4ccccc4c4ccccc43)n2)cc1. The molecule has 0 amide bonds. The highest BCUT2D eigenvalue weighted by Gasteiger charge is 2.20. The van der Waals surface area contributed by atoms with Crippen molar-refractivity contribution >= 4 is 75.4 Å². The zero-order valence-electron chi connectivity index (χ0n) is 30.2. The molecule has 0 fully saturated rings. The third-order valence-electron chi connectivity index (χ3n) is 10.7. The molecule has 7 aromatic carbocycles. The van der Waals surface area contributed by atoms with E-state index in [1.807, 2.05) is 48.5 Å². The van der Waals surface area contributed by atoms with Gasteiger partial charge in [0.15, 0.2) is 17.5 Å². The monoisotopic (exact) mass is 748 g/mol. The predicted molar refractivity (Wildman–Crippen MR) is 232 cm³/mol. The number of furan rings is 1. The molecule has 57 heavy (non-hydrogen) atoms. The summed E-state index contributed by atoms with van der Waals surface area (Å²) in [5.41, 5.74) is 9.21. The number of hydrogen-bond acceptors (Lipinski definition) is 7. The van der Waals surface area contributed by atoms with E-state index in [4.69, 9.17) is 29.3 Å². The molecular weight excluding hydrogens is 721 g/mol. The lowest BCUT2D eigenvalue weighted by atomic mass is 10.1. The van der Waals surface area contributed by atoms with Crippen molar-refractivity contribution in [2.75, 3.05) is 0 Å². The van der Waals surface area contributed by atoms with Gasteiger partial charge in [0.1, 0.15) is 11.2 Å². The van der Waals surface area contributed by atoms with Gasteiger partial charge in [-0.25, -0.2) is 15.0 Å². The second-order valence-electron chi connectivity index (χ2n) is 14.1. The van der Waals surface area contributed by atoms with Gasteiger partial charge < -0.3 is 4.42 Å². The molecule has 5 aromatic heterocycles. The van der Waals surface area contributed by atoms with Crippen LogP contribution < -0.4 is 0 Å². The fourth-order valence-electron chi connectivity index (χ4n) is 8.02. The first-order chi connectivity index (χ1) is 28.2. The van der Waals surface area contributed by atoms with E-state index >= 15 is 0 Å². The Morgan fingerprint density at radius 2 is 1.00 bits per heavy atom.